The van der Waals surface area contributed by atoms with Gasteiger partial charge in [-0.2, -0.15) is 0 Å². The minimum Gasteiger partial charge on any atom is -0.493 e. The fourth-order valence-electron chi connectivity index (χ4n) is 3.46. The van der Waals surface area contributed by atoms with Gasteiger partial charge in [-0.1, -0.05) is 15.9 Å². The summed E-state index contributed by atoms with van der Waals surface area (Å²) in [4.78, 5) is 2.65. The summed E-state index contributed by atoms with van der Waals surface area (Å²) < 4.78 is 6.97. The first-order chi connectivity index (χ1) is 9.79. The molecule has 1 unspecified atom stereocenters. The van der Waals surface area contributed by atoms with Crippen molar-refractivity contribution in [3.63, 3.8) is 0 Å². The van der Waals surface area contributed by atoms with Crippen LogP contribution in [0.3, 0.4) is 0 Å². The van der Waals surface area contributed by atoms with Crippen molar-refractivity contribution in [3.8, 4) is 5.75 Å². The van der Waals surface area contributed by atoms with E-state index in [0.717, 1.165) is 31.4 Å². The summed E-state index contributed by atoms with van der Waals surface area (Å²) in [6.07, 6.45) is 5.16. The lowest BCUT2D eigenvalue weighted by Gasteiger charge is -2.17. The van der Waals surface area contributed by atoms with Gasteiger partial charge < -0.3 is 10.1 Å². The third-order valence-electron chi connectivity index (χ3n) is 4.69. The molecule has 4 heteroatoms. The summed E-state index contributed by atoms with van der Waals surface area (Å²) in [7, 11) is 0. The Balaban J connectivity index is 1.40. The predicted octanol–water partition coefficient (Wildman–Crippen LogP) is 2.71. The van der Waals surface area contributed by atoms with Gasteiger partial charge in [0.05, 0.1) is 6.61 Å². The predicted molar refractivity (Wildman–Crippen MR) is 83.2 cm³/mol. The molecule has 2 heterocycles. The lowest BCUT2D eigenvalue weighted by molar-refractivity contribution is 0.316. The topological polar surface area (TPSA) is 24.5 Å². The van der Waals surface area contributed by atoms with Crippen molar-refractivity contribution in [2.45, 2.75) is 44.3 Å². The summed E-state index contributed by atoms with van der Waals surface area (Å²) in [5.41, 5.74) is 2.65. The monoisotopic (exact) mass is 336 g/mol. The summed E-state index contributed by atoms with van der Waals surface area (Å²) in [6.45, 7) is 4.25. The Morgan fingerprint density at radius 1 is 1.30 bits per heavy atom. The zero-order chi connectivity index (χ0) is 13.5. The molecule has 1 N–H and O–H groups in total. The molecule has 1 aliphatic carbocycles. The van der Waals surface area contributed by atoms with Gasteiger partial charge in [-0.25, -0.2) is 0 Å². The number of rotatable bonds is 4. The van der Waals surface area contributed by atoms with E-state index >= 15 is 0 Å². The van der Waals surface area contributed by atoms with Gasteiger partial charge in [-0.3, -0.25) is 4.90 Å². The summed E-state index contributed by atoms with van der Waals surface area (Å²) in [5.74, 6) is 1.12. The Bertz CT molecular complexity index is 515. The van der Waals surface area contributed by atoms with Gasteiger partial charge in [-0.15, -0.1) is 0 Å². The van der Waals surface area contributed by atoms with Gasteiger partial charge in [0.1, 0.15) is 5.75 Å². The van der Waals surface area contributed by atoms with Crippen molar-refractivity contribution in [1.82, 2.24) is 10.2 Å². The van der Waals surface area contributed by atoms with E-state index in [1.807, 2.05) is 0 Å². The molecule has 108 valence electrons. The summed E-state index contributed by atoms with van der Waals surface area (Å²) >= 11 is 3.61. The molecule has 3 nitrogen and oxygen atoms in total. The van der Waals surface area contributed by atoms with Gasteiger partial charge >= 0.3 is 0 Å². The van der Waals surface area contributed by atoms with Crippen molar-refractivity contribution in [2.75, 3.05) is 19.7 Å². The number of hydrogen-bond donors (Lipinski definition) is 1. The van der Waals surface area contributed by atoms with Crippen LogP contribution >= 0.6 is 15.9 Å². The van der Waals surface area contributed by atoms with Crippen LogP contribution in [0, 0.1) is 0 Å². The maximum Gasteiger partial charge on any atom is 0.127 e. The molecule has 20 heavy (non-hydrogen) atoms. The highest BCUT2D eigenvalue weighted by atomic mass is 79.9. The number of benzene rings is 1. The van der Waals surface area contributed by atoms with E-state index in [1.54, 1.807) is 0 Å². The van der Waals surface area contributed by atoms with Crippen LogP contribution in [0.5, 0.6) is 5.75 Å². The lowest BCUT2D eigenvalue weighted by Crippen LogP contribution is -2.33. The van der Waals surface area contributed by atoms with Gasteiger partial charge in [0.25, 0.3) is 0 Å². The van der Waals surface area contributed by atoms with Crippen LogP contribution < -0.4 is 10.1 Å². The Morgan fingerprint density at radius 2 is 2.20 bits per heavy atom. The maximum atomic E-state index is 5.80. The molecule has 1 aromatic carbocycles. The molecule has 1 saturated heterocycles. The molecule has 4 rings (SSSR count). The molecule has 1 saturated carbocycles. The van der Waals surface area contributed by atoms with Gasteiger partial charge in [0, 0.05) is 48.2 Å². The smallest absolute Gasteiger partial charge is 0.127 e. The van der Waals surface area contributed by atoms with E-state index in [4.69, 9.17) is 4.74 Å². The lowest BCUT2D eigenvalue weighted by atomic mass is 10.1. The zero-order valence-electron chi connectivity index (χ0n) is 11.7. The zero-order valence-corrected chi connectivity index (χ0v) is 13.3. The van der Waals surface area contributed by atoms with Crippen molar-refractivity contribution in [2.24, 2.45) is 0 Å². The minimum atomic E-state index is 0.645. The Labute approximate surface area is 128 Å². The maximum absolute atomic E-state index is 5.80. The van der Waals surface area contributed by atoms with E-state index in [0.29, 0.717) is 6.04 Å². The van der Waals surface area contributed by atoms with E-state index in [9.17, 15) is 0 Å². The van der Waals surface area contributed by atoms with Gasteiger partial charge in [-0.05, 0) is 37.0 Å². The van der Waals surface area contributed by atoms with Crippen molar-refractivity contribution >= 4 is 15.9 Å². The second-order valence-electron chi connectivity index (χ2n) is 6.24. The third kappa shape index (κ3) is 2.61. The summed E-state index contributed by atoms with van der Waals surface area (Å²) in [6, 6.07) is 5.94. The molecular formula is C16H21BrN2O. The fourth-order valence-corrected chi connectivity index (χ4v) is 4.01. The van der Waals surface area contributed by atoms with Crippen LogP contribution in [0.1, 0.15) is 30.4 Å². The molecule has 0 radical (unpaired) electrons. The molecule has 1 atom stereocenters. The Morgan fingerprint density at radius 3 is 3.05 bits per heavy atom. The molecule has 2 aliphatic heterocycles. The van der Waals surface area contributed by atoms with E-state index < -0.39 is 0 Å². The second-order valence-corrected chi connectivity index (χ2v) is 7.16. The molecule has 2 fully saturated rings. The average molecular weight is 337 g/mol. The second kappa shape index (κ2) is 5.32. The SMILES string of the molecule is Brc1cc2c(c(CNC3CCN(C4CC4)C3)c1)OCC2. The number of hydrogen-bond acceptors (Lipinski definition) is 3. The normalized spacial score (nSPS) is 25.8. The van der Waals surface area contributed by atoms with E-state index in [-0.39, 0.29) is 0 Å². The van der Waals surface area contributed by atoms with E-state index in [2.05, 4.69) is 38.3 Å². The third-order valence-corrected chi connectivity index (χ3v) is 5.15. The van der Waals surface area contributed by atoms with E-state index in [1.165, 1.54) is 48.0 Å². The summed E-state index contributed by atoms with van der Waals surface area (Å²) in [5, 5.41) is 3.72. The quantitative estimate of drug-likeness (QED) is 0.914. The molecule has 3 aliphatic rings. The number of likely N-dealkylation sites (tertiary alicyclic amines) is 1. The number of ether oxygens (including phenoxy) is 1. The van der Waals surface area contributed by atoms with Crippen LogP contribution in [-0.2, 0) is 13.0 Å². The molecular weight excluding hydrogens is 316 g/mol. The minimum absolute atomic E-state index is 0.645. The molecule has 0 spiro atoms. The molecule has 1 aromatic rings. The Hall–Kier alpha value is -0.580. The van der Waals surface area contributed by atoms with Crippen LogP contribution in [0.25, 0.3) is 0 Å². The number of nitrogens with zero attached hydrogens (tertiary/aromatic N) is 1. The first-order valence-corrected chi connectivity index (χ1v) is 8.50. The molecule has 0 aromatic heterocycles. The highest BCUT2D eigenvalue weighted by Crippen LogP contribution is 2.33. The number of nitrogens with one attached hydrogen (secondary N) is 1. The van der Waals surface area contributed by atoms with Gasteiger partial charge in [0.2, 0.25) is 0 Å². The number of halogens is 1. The first-order valence-electron chi connectivity index (χ1n) is 7.71. The fraction of sp³-hybridized carbons (Fsp3) is 0.625. The number of fused-ring (bicyclic) bond motifs is 1. The van der Waals surface area contributed by atoms with Crippen molar-refractivity contribution < 1.29 is 4.74 Å². The highest BCUT2D eigenvalue weighted by molar-refractivity contribution is 9.10. The molecule has 0 amide bonds. The van der Waals surface area contributed by atoms with Crippen LogP contribution in [-0.4, -0.2) is 36.7 Å². The Kier molecular flexibility index (Phi) is 3.49. The standard InChI is InChI=1S/C16H21BrN2O/c17-13-7-11-4-6-20-16(11)12(8-13)9-18-14-3-5-19(10-14)15-1-2-15/h7-8,14-15,18H,1-6,9-10H2. The van der Waals surface area contributed by atoms with Crippen molar-refractivity contribution in [1.29, 1.82) is 0 Å². The van der Waals surface area contributed by atoms with Crippen LogP contribution in [0.2, 0.25) is 0 Å². The average Bonchev–Trinajstić information content (AvgIpc) is 2.99. The van der Waals surface area contributed by atoms with Crippen LogP contribution in [0.15, 0.2) is 16.6 Å². The first kappa shape index (κ1) is 13.1. The highest BCUT2D eigenvalue weighted by Gasteiger charge is 2.34. The van der Waals surface area contributed by atoms with Crippen molar-refractivity contribution in [3.05, 3.63) is 27.7 Å². The molecule has 0 bridgehead atoms. The van der Waals surface area contributed by atoms with Crippen LogP contribution in [0.4, 0.5) is 0 Å². The van der Waals surface area contributed by atoms with Gasteiger partial charge in [0.15, 0.2) is 0 Å². The largest absolute Gasteiger partial charge is 0.493 e.